The molecule has 0 radical (unpaired) electrons. The van der Waals surface area contributed by atoms with Crippen molar-refractivity contribution in [1.82, 2.24) is 10.2 Å². The lowest BCUT2D eigenvalue weighted by atomic mass is 9.98. The summed E-state index contributed by atoms with van der Waals surface area (Å²) >= 11 is 0. The van der Waals surface area contributed by atoms with E-state index in [-0.39, 0.29) is 30.2 Å². The summed E-state index contributed by atoms with van der Waals surface area (Å²) in [6.45, 7) is 0. The normalized spacial score (nSPS) is 24.6. The average molecular weight is 365 g/mol. The van der Waals surface area contributed by atoms with Crippen LogP contribution in [-0.2, 0) is 0 Å². The van der Waals surface area contributed by atoms with E-state index in [1.807, 2.05) is 11.9 Å². The number of hydrogen-bond acceptors (Lipinski definition) is 3. The van der Waals surface area contributed by atoms with Gasteiger partial charge in [-0.2, -0.15) is 0 Å². The SMILES string of the molecule is CN(C(=O)c1ccc(-c2ccc(F)cc2)o1)C1CC2CCC(C1)N2.Cl. The summed E-state index contributed by atoms with van der Waals surface area (Å²) in [6.07, 6.45) is 4.42. The maximum Gasteiger partial charge on any atom is 0.289 e. The van der Waals surface area contributed by atoms with Crippen LogP contribution >= 0.6 is 12.4 Å². The highest BCUT2D eigenvalue weighted by atomic mass is 35.5. The maximum atomic E-state index is 13.0. The monoisotopic (exact) mass is 364 g/mol. The second kappa shape index (κ2) is 7.18. The lowest BCUT2D eigenvalue weighted by Crippen LogP contribution is -2.48. The molecule has 0 spiro atoms. The summed E-state index contributed by atoms with van der Waals surface area (Å²) in [6, 6.07) is 10.9. The number of nitrogens with zero attached hydrogens (tertiary/aromatic N) is 1. The first-order valence-electron chi connectivity index (χ1n) is 8.49. The molecule has 2 bridgehead atoms. The Kier molecular flexibility index (Phi) is 5.16. The highest BCUT2D eigenvalue weighted by molar-refractivity contribution is 5.92. The minimum atomic E-state index is -0.290. The Bertz CT molecular complexity index is 734. The van der Waals surface area contributed by atoms with Gasteiger partial charge < -0.3 is 14.6 Å². The molecule has 2 unspecified atom stereocenters. The topological polar surface area (TPSA) is 45.5 Å². The fourth-order valence-corrected chi connectivity index (χ4v) is 3.91. The summed E-state index contributed by atoms with van der Waals surface area (Å²) in [4.78, 5) is 14.5. The summed E-state index contributed by atoms with van der Waals surface area (Å²) < 4.78 is 18.7. The molecular formula is C19H22ClFN2O2. The van der Waals surface area contributed by atoms with Crippen molar-refractivity contribution in [3.63, 3.8) is 0 Å². The third-order valence-corrected chi connectivity index (χ3v) is 5.26. The highest BCUT2D eigenvalue weighted by Crippen LogP contribution is 2.30. The van der Waals surface area contributed by atoms with Gasteiger partial charge in [0.2, 0.25) is 0 Å². The number of piperidine rings is 1. The van der Waals surface area contributed by atoms with E-state index in [0.717, 1.165) is 18.4 Å². The summed E-state index contributed by atoms with van der Waals surface area (Å²) in [5.74, 6) is 0.538. The molecule has 2 aliphatic rings. The molecule has 1 amide bonds. The first-order valence-corrected chi connectivity index (χ1v) is 8.49. The van der Waals surface area contributed by atoms with E-state index in [4.69, 9.17) is 4.42 Å². The molecule has 0 saturated carbocycles. The summed E-state index contributed by atoms with van der Waals surface area (Å²) in [5, 5.41) is 3.59. The Morgan fingerprint density at radius 2 is 1.76 bits per heavy atom. The molecule has 4 rings (SSSR count). The third kappa shape index (κ3) is 3.58. The molecule has 2 aromatic rings. The van der Waals surface area contributed by atoms with Gasteiger partial charge >= 0.3 is 0 Å². The average Bonchev–Trinajstić information content (AvgIpc) is 3.21. The Morgan fingerprint density at radius 1 is 1.12 bits per heavy atom. The second-order valence-corrected chi connectivity index (χ2v) is 6.85. The predicted octanol–water partition coefficient (Wildman–Crippen LogP) is 3.86. The van der Waals surface area contributed by atoms with Gasteiger partial charge in [-0.15, -0.1) is 12.4 Å². The van der Waals surface area contributed by atoms with Gasteiger partial charge in [0.1, 0.15) is 11.6 Å². The Balaban J connectivity index is 0.00000182. The number of carbonyl (C=O) groups excluding carboxylic acids is 1. The molecule has 2 aliphatic heterocycles. The van der Waals surface area contributed by atoms with Crippen molar-refractivity contribution in [3.8, 4) is 11.3 Å². The van der Waals surface area contributed by atoms with E-state index in [9.17, 15) is 9.18 Å². The summed E-state index contributed by atoms with van der Waals surface area (Å²) in [5.41, 5.74) is 0.762. The lowest BCUT2D eigenvalue weighted by molar-refractivity contribution is 0.0650. The molecule has 1 N–H and O–H groups in total. The maximum absolute atomic E-state index is 13.0. The van der Waals surface area contributed by atoms with Crippen LogP contribution in [-0.4, -0.2) is 36.0 Å². The smallest absolute Gasteiger partial charge is 0.289 e. The van der Waals surface area contributed by atoms with E-state index in [2.05, 4.69) is 5.32 Å². The number of fused-ring (bicyclic) bond motifs is 2. The first-order chi connectivity index (χ1) is 11.6. The zero-order valence-corrected chi connectivity index (χ0v) is 14.9. The van der Waals surface area contributed by atoms with Crippen molar-refractivity contribution < 1.29 is 13.6 Å². The van der Waals surface area contributed by atoms with E-state index < -0.39 is 0 Å². The molecule has 2 saturated heterocycles. The third-order valence-electron chi connectivity index (χ3n) is 5.26. The van der Waals surface area contributed by atoms with Crippen LogP contribution in [0.5, 0.6) is 0 Å². The molecule has 25 heavy (non-hydrogen) atoms. The van der Waals surface area contributed by atoms with Crippen LogP contribution < -0.4 is 5.32 Å². The van der Waals surface area contributed by atoms with Gasteiger partial charge in [-0.1, -0.05) is 0 Å². The standard InChI is InChI=1S/C19H21FN2O2.ClH/c1-22(16-10-14-6-7-15(11-16)21-14)19(23)18-9-8-17(24-18)12-2-4-13(20)5-3-12;/h2-5,8-9,14-16,21H,6-7,10-11H2,1H3;1H. The number of benzene rings is 1. The molecule has 1 aromatic carbocycles. The van der Waals surface area contributed by atoms with Gasteiger partial charge in [-0.05, 0) is 62.1 Å². The Morgan fingerprint density at radius 3 is 2.40 bits per heavy atom. The van der Waals surface area contributed by atoms with Crippen LogP contribution in [0.25, 0.3) is 11.3 Å². The molecule has 3 heterocycles. The molecule has 0 aliphatic carbocycles. The molecule has 2 atom stereocenters. The molecule has 134 valence electrons. The second-order valence-electron chi connectivity index (χ2n) is 6.85. The van der Waals surface area contributed by atoms with E-state index in [0.29, 0.717) is 23.6 Å². The molecule has 6 heteroatoms. The van der Waals surface area contributed by atoms with Crippen LogP contribution in [0.3, 0.4) is 0 Å². The van der Waals surface area contributed by atoms with Gasteiger partial charge in [-0.3, -0.25) is 4.79 Å². The number of nitrogens with one attached hydrogen (secondary N) is 1. The van der Waals surface area contributed by atoms with Crippen LogP contribution in [0, 0.1) is 5.82 Å². The number of halogens is 2. The van der Waals surface area contributed by atoms with Gasteiger partial charge in [0.25, 0.3) is 5.91 Å². The van der Waals surface area contributed by atoms with Crippen molar-refractivity contribution in [2.75, 3.05) is 7.05 Å². The van der Waals surface area contributed by atoms with E-state index in [1.54, 1.807) is 24.3 Å². The van der Waals surface area contributed by atoms with Gasteiger partial charge in [0, 0.05) is 30.7 Å². The zero-order valence-electron chi connectivity index (χ0n) is 14.1. The highest BCUT2D eigenvalue weighted by Gasteiger charge is 2.37. The quantitative estimate of drug-likeness (QED) is 0.899. The number of carbonyl (C=O) groups is 1. The van der Waals surface area contributed by atoms with Crippen molar-refractivity contribution in [1.29, 1.82) is 0 Å². The molecule has 2 fully saturated rings. The Hall–Kier alpha value is -1.85. The van der Waals surface area contributed by atoms with Crippen molar-refractivity contribution in [3.05, 3.63) is 48.0 Å². The fourth-order valence-electron chi connectivity index (χ4n) is 3.91. The zero-order chi connectivity index (χ0) is 16.7. The predicted molar refractivity (Wildman–Crippen MR) is 96.4 cm³/mol. The molecular weight excluding hydrogens is 343 g/mol. The number of hydrogen-bond donors (Lipinski definition) is 1. The molecule has 4 nitrogen and oxygen atoms in total. The van der Waals surface area contributed by atoms with Crippen LogP contribution in [0.4, 0.5) is 4.39 Å². The Labute approximate surface area is 152 Å². The number of amides is 1. The molecule has 1 aromatic heterocycles. The first kappa shape index (κ1) is 18.0. The van der Waals surface area contributed by atoms with Crippen LogP contribution in [0.1, 0.15) is 36.2 Å². The van der Waals surface area contributed by atoms with Gasteiger partial charge in [-0.25, -0.2) is 4.39 Å². The van der Waals surface area contributed by atoms with Crippen molar-refractivity contribution >= 4 is 18.3 Å². The number of rotatable bonds is 3. The minimum absolute atomic E-state index is 0. The van der Waals surface area contributed by atoms with E-state index in [1.165, 1.54) is 25.0 Å². The summed E-state index contributed by atoms with van der Waals surface area (Å²) in [7, 11) is 1.86. The largest absolute Gasteiger partial charge is 0.451 e. The van der Waals surface area contributed by atoms with E-state index >= 15 is 0 Å². The lowest BCUT2D eigenvalue weighted by Gasteiger charge is -2.35. The minimum Gasteiger partial charge on any atom is -0.451 e. The van der Waals surface area contributed by atoms with Gasteiger partial charge in [0.05, 0.1) is 0 Å². The van der Waals surface area contributed by atoms with Crippen molar-refractivity contribution in [2.24, 2.45) is 0 Å². The fraction of sp³-hybridized carbons (Fsp3) is 0.421. The number of furan rings is 1. The van der Waals surface area contributed by atoms with Gasteiger partial charge in [0.15, 0.2) is 5.76 Å². The van der Waals surface area contributed by atoms with Crippen LogP contribution in [0.15, 0.2) is 40.8 Å². The van der Waals surface area contributed by atoms with Crippen molar-refractivity contribution in [2.45, 2.75) is 43.8 Å². The van der Waals surface area contributed by atoms with Crippen LogP contribution in [0.2, 0.25) is 0 Å².